The third-order valence-electron chi connectivity index (χ3n) is 9.49. The first-order chi connectivity index (χ1) is 25.9. The van der Waals surface area contributed by atoms with E-state index in [0.717, 1.165) is 50.7 Å². The molecule has 2 aliphatic rings. The van der Waals surface area contributed by atoms with Crippen molar-refractivity contribution >= 4 is 73.2 Å². The van der Waals surface area contributed by atoms with Gasteiger partial charge in [0.25, 0.3) is 0 Å². The van der Waals surface area contributed by atoms with E-state index < -0.39 is 25.9 Å². The molecule has 2 heterocycles. The van der Waals surface area contributed by atoms with E-state index in [1.54, 1.807) is 7.11 Å². The van der Waals surface area contributed by atoms with Crippen LogP contribution in [0.15, 0.2) is 129 Å². The molecule has 10 nitrogen and oxygen atoms in total. The fourth-order valence-electron chi connectivity index (χ4n) is 7.10. The Morgan fingerprint density at radius 2 is 1.81 bits per heavy atom. The number of hydrogen-bond donors (Lipinski definition) is 1. The SMILES string of the molecule is COc1ccc2c(c1)N(CCNS(C)(=O)=O)/C(=C/C1=CC(=C/C=C/c3oc4ccc5ccccc5c4[n+]3CCCS(=O)(=O)[O-])/CC(c3ccccc3)C1)[Se]2. The van der Waals surface area contributed by atoms with E-state index in [9.17, 15) is 21.4 Å². The molecule has 0 spiro atoms. The van der Waals surface area contributed by atoms with Gasteiger partial charge in [0.2, 0.25) is 0 Å². The van der Waals surface area contributed by atoms with Crippen LogP contribution in [0, 0.1) is 0 Å². The Balaban J connectivity index is 1.24. The number of anilines is 1. The van der Waals surface area contributed by atoms with Gasteiger partial charge in [0, 0.05) is 5.75 Å². The first-order valence-corrected chi connectivity index (χ1v) is 22.8. The van der Waals surface area contributed by atoms with Gasteiger partial charge in [-0.1, -0.05) is 24.3 Å². The van der Waals surface area contributed by atoms with E-state index in [-0.39, 0.29) is 33.8 Å². The Bertz CT molecular complexity index is 2540. The van der Waals surface area contributed by atoms with Crippen molar-refractivity contribution in [1.29, 1.82) is 0 Å². The molecule has 0 saturated heterocycles. The second-order valence-corrected chi connectivity index (χ2v) is 19.0. The third-order valence-corrected chi connectivity index (χ3v) is 13.3. The van der Waals surface area contributed by atoms with Gasteiger partial charge in [-0.25, -0.2) is 8.42 Å². The molecule has 54 heavy (non-hydrogen) atoms. The third kappa shape index (κ3) is 9.06. The summed E-state index contributed by atoms with van der Waals surface area (Å²) in [5.41, 5.74) is 6.13. The van der Waals surface area contributed by atoms with Crippen molar-refractivity contribution < 1.29 is 35.1 Å². The van der Waals surface area contributed by atoms with Crippen LogP contribution < -0.4 is 23.4 Å². The molecule has 280 valence electrons. The van der Waals surface area contributed by atoms with Gasteiger partial charge in [-0.15, -0.1) is 0 Å². The molecule has 0 saturated carbocycles. The molecule has 1 aliphatic carbocycles. The molecule has 1 unspecified atom stereocenters. The number of sulfonamides is 1. The topological polar surface area (TPSA) is 133 Å². The zero-order chi connectivity index (χ0) is 37.9. The van der Waals surface area contributed by atoms with Crippen LogP contribution in [-0.4, -0.2) is 68.6 Å². The summed E-state index contributed by atoms with van der Waals surface area (Å²) in [6, 6.07) is 28.5. The first kappa shape index (κ1) is 37.8. The quantitative estimate of drug-likeness (QED) is 0.0936. The average Bonchev–Trinajstić information content (AvgIpc) is 3.67. The number of aromatic nitrogens is 1. The summed E-state index contributed by atoms with van der Waals surface area (Å²) >= 11 is 0.00150. The number of fused-ring (bicyclic) bond motifs is 4. The van der Waals surface area contributed by atoms with Crippen LogP contribution in [0.3, 0.4) is 0 Å². The number of allylic oxidation sites excluding steroid dienone is 6. The molecule has 1 N–H and O–H groups in total. The normalized spacial score (nSPS) is 17.9. The van der Waals surface area contributed by atoms with Gasteiger partial charge in [-0.2, -0.15) is 0 Å². The Morgan fingerprint density at radius 3 is 2.59 bits per heavy atom. The zero-order valence-corrected chi connectivity index (χ0v) is 33.3. The van der Waals surface area contributed by atoms with E-state index in [2.05, 4.69) is 58.2 Å². The van der Waals surface area contributed by atoms with E-state index in [4.69, 9.17) is 9.15 Å². The minimum absolute atomic E-state index is 0.00150. The second-order valence-electron chi connectivity index (χ2n) is 13.4. The van der Waals surface area contributed by atoms with Crippen LogP contribution in [0.5, 0.6) is 5.75 Å². The summed E-state index contributed by atoms with van der Waals surface area (Å²) in [5, 5.41) is 2.02. The fourth-order valence-corrected chi connectivity index (χ4v) is 10.4. The number of methoxy groups -OCH3 is 1. The van der Waals surface area contributed by atoms with Crippen molar-refractivity contribution in [3.8, 4) is 5.75 Å². The number of benzene rings is 4. The van der Waals surface area contributed by atoms with Crippen LogP contribution in [0.25, 0.3) is 27.9 Å². The van der Waals surface area contributed by atoms with Crippen LogP contribution in [0.2, 0.25) is 0 Å². The van der Waals surface area contributed by atoms with Gasteiger partial charge in [-0.05, 0) is 11.5 Å². The first-order valence-electron chi connectivity index (χ1n) is 17.6. The molecular formula is C41H41N3O7S2Se. The number of nitrogens with one attached hydrogen (secondary N) is 1. The molecule has 0 radical (unpaired) electrons. The number of ether oxygens (including phenoxy) is 1. The van der Waals surface area contributed by atoms with E-state index in [0.29, 0.717) is 24.6 Å². The zero-order valence-electron chi connectivity index (χ0n) is 30.0. The van der Waals surface area contributed by atoms with Crippen molar-refractivity contribution in [2.75, 3.05) is 37.1 Å². The Kier molecular flexibility index (Phi) is 11.3. The summed E-state index contributed by atoms with van der Waals surface area (Å²) in [6.45, 7) is 1.06. The molecule has 4 aromatic carbocycles. The molecule has 0 fully saturated rings. The molecule has 1 aliphatic heterocycles. The number of aryl methyl sites for hydroxylation is 1. The monoisotopic (exact) mass is 831 g/mol. The van der Waals surface area contributed by atoms with Crippen LogP contribution in [-0.2, 0) is 26.7 Å². The summed E-state index contributed by atoms with van der Waals surface area (Å²) in [5.74, 6) is 1.10. The number of rotatable bonds is 13. The summed E-state index contributed by atoms with van der Waals surface area (Å²) < 4.78 is 77.0. The Morgan fingerprint density at radius 1 is 1.02 bits per heavy atom. The standard InChI is InChI=1S/C41H41N3O7S2Se/c1-50-34-17-19-38-36(28-34)43(22-20-42-52(2,45)46)40(54-38)27-30-24-29(25-33(26-30)31-11-4-3-5-12-31)10-8-15-39-44(21-9-23-53(47,48)49)41-35-14-7-6-13-32(35)16-18-37(41)51-39/h3-8,10-19,24,27-28,33,42H,9,20-23,25-26H2,1-2H3. The Hall–Kier alpha value is -4.49. The van der Waals surface area contributed by atoms with Gasteiger partial charge >= 0.3 is 259 Å². The fraction of sp³-hybridized carbons (Fsp3) is 0.244. The number of oxazole rings is 1. The summed E-state index contributed by atoms with van der Waals surface area (Å²) in [6.07, 6.45) is 13.5. The van der Waals surface area contributed by atoms with Gasteiger partial charge < -0.3 is 4.55 Å². The van der Waals surface area contributed by atoms with E-state index in [1.807, 2.05) is 71.3 Å². The predicted molar refractivity (Wildman–Crippen MR) is 213 cm³/mol. The second kappa shape index (κ2) is 16.1. The van der Waals surface area contributed by atoms with Crippen LogP contribution in [0.4, 0.5) is 5.69 Å². The molecule has 1 atom stereocenters. The Labute approximate surface area is 322 Å². The van der Waals surface area contributed by atoms with Crippen LogP contribution in [0.1, 0.15) is 36.6 Å². The van der Waals surface area contributed by atoms with Gasteiger partial charge in [0.05, 0.1) is 10.1 Å². The van der Waals surface area contributed by atoms with Crippen molar-refractivity contribution in [2.45, 2.75) is 31.7 Å². The van der Waals surface area contributed by atoms with Crippen molar-refractivity contribution in [3.05, 3.63) is 136 Å². The van der Waals surface area contributed by atoms with Crippen molar-refractivity contribution in [2.24, 2.45) is 0 Å². The molecule has 5 aromatic rings. The molecule has 7 rings (SSSR count). The predicted octanol–water partition coefficient (Wildman–Crippen LogP) is 5.50. The molecular weight excluding hydrogens is 790 g/mol. The van der Waals surface area contributed by atoms with E-state index in [1.165, 1.54) is 21.9 Å². The summed E-state index contributed by atoms with van der Waals surface area (Å²) in [7, 11) is -6.06. The van der Waals surface area contributed by atoms with Crippen molar-refractivity contribution in [1.82, 2.24) is 4.72 Å². The average molecular weight is 831 g/mol. The number of hydrogen-bond acceptors (Lipinski definition) is 8. The van der Waals surface area contributed by atoms with Crippen LogP contribution >= 0.6 is 0 Å². The molecule has 0 amide bonds. The van der Waals surface area contributed by atoms with Gasteiger partial charge in [-0.3, -0.25) is 0 Å². The molecule has 0 bridgehead atoms. The van der Waals surface area contributed by atoms with Gasteiger partial charge in [0.15, 0.2) is 0 Å². The van der Waals surface area contributed by atoms with Gasteiger partial charge in [0.1, 0.15) is 0 Å². The minimum atomic E-state index is -4.36. The number of nitrogens with zero attached hydrogens (tertiary/aromatic N) is 2. The maximum absolute atomic E-state index is 11.9. The molecule has 1 aromatic heterocycles. The van der Waals surface area contributed by atoms with Crippen molar-refractivity contribution in [3.63, 3.8) is 0 Å². The molecule has 13 heteroatoms. The van der Waals surface area contributed by atoms with E-state index >= 15 is 0 Å². The summed E-state index contributed by atoms with van der Waals surface area (Å²) in [4.78, 5) is 2.20. The maximum atomic E-state index is 11.9.